The van der Waals surface area contributed by atoms with Crippen molar-refractivity contribution in [3.8, 4) is 11.3 Å². The van der Waals surface area contributed by atoms with Gasteiger partial charge in [-0.1, -0.05) is 31.2 Å². The Balaban J connectivity index is 0.00000176. The molecule has 0 aliphatic carbocycles. The first-order chi connectivity index (χ1) is 10.2. The van der Waals surface area contributed by atoms with E-state index in [1.165, 1.54) is 5.56 Å². The van der Waals surface area contributed by atoms with Gasteiger partial charge in [0, 0.05) is 24.7 Å². The van der Waals surface area contributed by atoms with Crippen molar-refractivity contribution in [2.75, 3.05) is 13.1 Å². The van der Waals surface area contributed by atoms with Crippen molar-refractivity contribution in [2.24, 2.45) is 5.73 Å². The molecule has 4 nitrogen and oxygen atoms in total. The summed E-state index contributed by atoms with van der Waals surface area (Å²) in [6.07, 6.45) is 1.87. The summed E-state index contributed by atoms with van der Waals surface area (Å²) in [6, 6.07) is 11.9. The maximum atomic E-state index is 12.3. The molecule has 1 aliphatic rings. The minimum absolute atomic E-state index is 0. The minimum Gasteiger partial charge on any atom is -0.451 e. The van der Waals surface area contributed by atoms with Crippen LogP contribution in [0, 0.1) is 0 Å². The van der Waals surface area contributed by atoms with Crippen LogP contribution in [-0.4, -0.2) is 29.9 Å². The Morgan fingerprint density at radius 1 is 1.27 bits per heavy atom. The van der Waals surface area contributed by atoms with E-state index >= 15 is 0 Å². The predicted molar refractivity (Wildman–Crippen MR) is 89.3 cm³/mol. The number of rotatable bonds is 3. The van der Waals surface area contributed by atoms with Crippen LogP contribution in [0.15, 0.2) is 40.8 Å². The quantitative estimate of drug-likeness (QED) is 0.945. The average molecular weight is 321 g/mol. The van der Waals surface area contributed by atoms with Crippen LogP contribution in [0.5, 0.6) is 0 Å². The molecule has 1 aromatic heterocycles. The number of halogens is 1. The Labute approximate surface area is 136 Å². The molecular formula is C17H21ClN2O2. The van der Waals surface area contributed by atoms with Crippen LogP contribution in [0.1, 0.15) is 29.5 Å². The molecule has 2 N–H and O–H groups in total. The van der Waals surface area contributed by atoms with Gasteiger partial charge in [-0.15, -0.1) is 12.4 Å². The Morgan fingerprint density at radius 2 is 2.00 bits per heavy atom. The Bertz CT molecular complexity index is 636. The van der Waals surface area contributed by atoms with Crippen molar-refractivity contribution in [1.82, 2.24) is 4.90 Å². The zero-order chi connectivity index (χ0) is 14.8. The van der Waals surface area contributed by atoms with Crippen LogP contribution in [0.25, 0.3) is 11.3 Å². The summed E-state index contributed by atoms with van der Waals surface area (Å²) in [5.41, 5.74) is 8.12. The van der Waals surface area contributed by atoms with E-state index in [9.17, 15) is 4.79 Å². The molecule has 3 rings (SSSR count). The van der Waals surface area contributed by atoms with E-state index < -0.39 is 0 Å². The molecule has 0 spiro atoms. The molecule has 1 aromatic carbocycles. The van der Waals surface area contributed by atoms with Gasteiger partial charge in [-0.25, -0.2) is 0 Å². The second-order valence-electron chi connectivity index (χ2n) is 5.51. The molecule has 118 valence electrons. The van der Waals surface area contributed by atoms with Crippen molar-refractivity contribution < 1.29 is 9.21 Å². The number of carbonyl (C=O) groups is 1. The van der Waals surface area contributed by atoms with E-state index in [2.05, 4.69) is 19.1 Å². The molecule has 2 aromatic rings. The van der Waals surface area contributed by atoms with Gasteiger partial charge in [0.15, 0.2) is 5.76 Å². The van der Waals surface area contributed by atoms with Gasteiger partial charge in [0.05, 0.1) is 0 Å². The SMILES string of the molecule is CCc1ccc(-c2ccc(C(=O)N3CC[C@@H](N)C3)o2)cc1.Cl. The molecule has 0 radical (unpaired) electrons. The van der Waals surface area contributed by atoms with Gasteiger partial charge in [-0.3, -0.25) is 4.79 Å². The summed E-state index contributed by atoms with van der Waals surface area (Å²) in [5.74, 6) is 1.04. The topological polar surface area (TPSA) is 59.5 Å². The summed E-state index contributed by atoms with van der Waals surface area (Å²) in [6.45, 7) is 3.45. The van der Waals surface area contributed by atoms with Crippen molar-refractivity contribution >= 4 is 18.3 Å². The maximum absolute atomic E-state index is 12.3. The first kappa shape index (κ1) is 16.6. The molecule has 0 saturated carbocycles. The Hall–Kier alpha value is -1.78. The largest absolute Gasteiger partial charge is 0.451 e. The monoisotopic (exact) mass is 320 g/mol. The van der Waals surface area contributed by atoms with Gasteiger partial charge in [0.25, 0.3) is 5.91 Å². The summed E-state index contributed by atoms with van der Waals surface area (Å²) >= 11 is 0. The first-order valence-corrected chi connectivity index (χ1v) is 7.41. The molecule has 2 heterocycles. The fraction of sp³-hybridized carbons (Fsp3) is 0.353. The highest BCUT2D eigenvalue weighted by atomic mass is 35.5. The van der Waals surface area contributed by atoms with Crippen molar-refractivity contribution in [3.05, 3.63) is 47.7 Å². The van der Waals surface area contributed by atoms with Crippen LogP contribution in [-0.2, 0) is 6.42 Å². The lowest BCUT2D eigenvalue weighted by Crippen LogP contribution is -2.31. The van der Waals surface area contributed by atoms with Crippen molar-refractivity contribution in [3.63, 3.8) is 0 Å². The lowest BCUT2D eigenvalue weighted by molar-refractivity contribution is 0.0760. The highest BCUT2D eigenvalue weighted by molar-refractivity contribution is 5.92. The fourth-order valence-electron chi connectivity index (χ4n) is 2.64. The second kappa shape index (κ2) is 6.99. The number of aryl methyl sites for hydroxylation is 1. The standard InChI is InChI=1S/C17H20N2O2.ClH/c1-2-12-3-5-13(6-4-12)15-7-8-16(21-15)17(20)19-10-9-14(18)11-19;/h3-8,14H,2,9-11,18H2,1H3;1H/t14-;/m1./s1. The fourth-order valence-corrected chi connectivity index (χ4v) is 2.64. The number of nitrogens with two attached hydrogens (primary N) is 1. The third kappa shape index (κ3) is 3.34. The maximum Gasteiger partial charge on any atom is 0.289 e. The summed E-state index contributed by atoms with van der Waals surface area (Å²) in [7, 11) is 0. The van der Waals surface area contributed by atoms with Gasteiger partial charge < -0.3 is 15.1 Å². The van der Waals surface area contributed by atoms with Gasteiger partial charge in [-0.2, -0.15) is 0 Å². The average Bonchev–Trinajstić information content (AvgIpc) is 3.16. The number of hydrogen-bond acceptors (Lipinski definition) is 3. The molecule has 1 saturated heterocycles. The van der Waals surface area contributed by atoms with E-state index in [0.29, 0.717) is 18.8 Å². The van der Waals surface area contributed by atoms with Crippen molar-refractivity contribution in [2.45, 2.75) is 25.8 Å². The third-order valence-electron chi connectivity index (χ3n) is 3.98. The third-order valence-corrected chi connectivity index (χ3v) is 3.98. The predicted octanol–water partition coefficient (Wildman–Crippen LogP) is 3.10. The number of nitrogens with zero attached hydrogens (tertiary/aromatic N) is 1. The number of hydrogen-bond donors (Lipinski definition) is 1. The van der Waals surface area contributed by atoms with Gasteiger partial charge in [-0.05, 0) is 30.5 Å². The van der Waals surface area contributed by atoms with E-state index in [1.54, 1.807) is 11.0 Å². The highest BCUT2D eigenvalue weighted by Crippen LogP contribution is 2.24. The number of furan rings is 1. The molecular weight excluding hydrogens is 300 g/mol. The van der Waals surface area contributed by atoms with Crippen LogP contribution in [0.3, 0.4) is 0 Å². The molecule has 1 aliphatic heterocycles. The molecule has 0 bridgehead atoms. The van der Waals surface area contributed by atoms with Crippen molar-refractivity contribution in [1.29, 1.82) is 0 Å². The molecule has 0 unspecified atom stereocenters. The number of benzene rings is 1. The number of amides is 1. The number of carbonyl (C=O) groups excluding carboxylic acids is 1. The summed E-state index contributed by atoms with van der Waals surface area (Å²) in [4.78, 5) is 14.1. The number of likely N-dealkylation sites (tertiary alicyclic amines) is 1. The van der Waals surface area contributed by atoms with E-state index in [1.807, 2.05) is 18.2 Å². The second-order valence-corrected chi connectivity index (χ2v) is 5.51. The molecule has 1 amide bonds. The van der Waals surface area contributed by atoms with E-state index in [4.69, 9.17) is 10.2 Å². The van der Waals surface area contributed by atoms with Gasteiger partial charge in [0.1, 0.15) is 5.76 Å². The molecule has 22 heavy (non-hydrogen) atoms. The zero-order valence-electron chi connectivity index (χ0n) is 12.6. The van der Waals surface area contributed by atoms with Gasteiger partial charge in [0.2, 0.25) is 0 Å². The van der Waals surface area contributed by atoms with Crippen LogP contribution < -0.4 is 5.73 Å². The molecule has 1 atom stereocenters. The molecule has 5 heteroatoms. The van der Waals surface area contributed by atoms with E-state index in [0.717, 1.165) is 24.2 Å². The first-order valence-electron chi connectivity index (χ1n) is 7.41. The Kier molecular flexibility index (Phi) is 5.27. The molecule has 1 fully saturated rings. The van der Waals surface area contributed by atoms with Crippen LogP contribution in [0.4, 0.5) is 0 Å². The summed E-state index contributed by atoms with van der Waals surface area (Å²) in [5, 5.41) is 0. The lowest BCUT2D eigenvalue weighted by Gasteiger charge is -2.13. The van der Waals surface area contributed by atoms with E-state index in [-0.39, 0.29) is 24.4 Å². The van der Waals surface area contributed by atoms with Crippen LogP contribution >= 0.6 is 12.4 Å². The van der Waals surface area contributed by atoms with Crippen LogP contribution in [0.2, 0.25) is 0 Å². The smallest absolute Gasteiger partial charge is 0.289 e. The van der Waals surface area contributed by atoms with Gasteiger partial charge >= 0.3 is 0 Å². The Morgan fingerprint density at radius 3 is 2.59 bits per heavy atom. The zero-order valence-corrected chi connectivity index (χ0v) is 13.4. The summed E-state index contributed by atoms with van der Waals surface area (Å²) < 4.78 is 5.72. The minimum atomic E-state index is -0.0700. The lowest BCUT2D eigenvalue weighted by atomic mass is 10.1. The normalized spacial score (nSPS) is 17.4. The highest BCUT2D eigenvalue weighted by Gasteiger charge is 2.26.